The van der Waals surface area contributed by atoms with Crippen molar-refractivity contribution in [2.24, 2.45) is 23.7 Å². The van der Waals surface area contributed by atoms with E-state index in [1.807, 2.05) is 0 Å². The minimum atomic E-state index is -0.574. The lowest BCUT2D eigenvalue weighted by Gasteiger charge is -2.43. The van der Waals surface area contributed by atoms with Gasteiger partial charge in [0.2, 0.25) is 0 Å². The third-order valence-corrected chi connectivity index (χ3v) is 4.31. The molecule has 3 nitrogen and oxygen atoms in total. The lowest BCUT2D eigenvalue weighted by molar-refractivity contribution is -0.145. The van der Waals surface area contributed by atoms with Crippen molar-refractivity contribution < 1.29 is 9.90 Å². The number of nitrogens with zero attached hydrogens (tertiary/aromatic N) is 1. The van der Waals surface area contributed by atoms with E-state index in [2.05, 4.69) is 18.7 Å². The Labute approximate surface area is 104 Å². The van der Waals surface area contributed by atoms with Crippen LogP contribution in [0.25, 0.3) is 0 Å². The number of aliphatic carboxylic acids is 1. The van der Waals surface area contributed by atoms with E-state index in [9.17, 15) is 4.79 Å². The van der Waals surface area contributed by atoms with Crippen LogP contribution in [-0.2, 0) is 4.79 Å². The number of carboxylic acids is 1. The van der Waals surface area contributed by atoms with Crippen LogP contribution >= 0.6 is 0 Å². The molecule has 1 saturated carbocycles. The summed E-state index contributed by atoms with van der Waals surface area (Å²) in [6, 6.07) is 0. The van der Waals surface area contributed by atoms with Gasteiger partial charge in [0.15, 0.2) is 0 Å². The van der Waals surface area contributed by atoms with Crippen LogP contribution in [0.3, 0.4) is 0 Å². The number of carboxylic acid groups (broad SMARTS) is 1. The van der Waals surface area contributed by atoms with Crippen LogP contribution in [0.15, 0.2) is 0 Å². The van der Waals surface area contributed by atoms with Crippen LogP contribution < -0.4 is 0 Å². The maximum absolute atomic E-state index is 11.1. The second-order valence-electron chi connectivity index (χ2n) is 6.42. The number of fused-ring (bicyclic) bond motifs is 2. The largest absolute Gasteiger partial charge is 0.481 e. The zero-order valence-electron chi connectivity index (χ0n) is 11.1. The van der Waals surface area contributed by atoms with E-state index >= 15 is 0 Å². The van der Waals surface area contributed by atoms with Gasteiger partial charge in [-0.1, -0.05) is 13.8 Å². The molecule has 0 amide bonds. The van der Waals surface area contributed by atoms with Crippen molar-refractivity contribution in [1.29, 1.82) is 0 Å². The molecule has 0 aromatic heterocycles. The van der Waals surface area contributed by atoms with Crippen LogP contribution in [0.2, 0.25) is 0 Å². The Bertz CT molecular complexity index is 263. The van der Waals surface area contributed by atoms with Crippen molar-refractivity contribution >= 4 is 5.97 Å². The summed E-state index contributed by atoms with van der Waals surface area (Å²) < 4.78 is 0. The molecule has 1 N–H and O–H groups in total. The monoisotopic (exact) mass is 239 g/mol. The Morgan fingerprint density at radius 3 is 2.29 bits per heavy atom. The number of hydrogen-bond acceptors (Lipinski definition) is 2. The minimum absolute atomic E-state index is 0.0639. The van der Waals surface area contributed by atoms with Crippen molar-refractivity contribution in [3.63, 3.8) is 0 Å². The molecular weight excluding hydrogens is 214 g/mol. The van der Waals surface area contributed by atoms with Gasteiger partial charge in [0.05, 0.1) is 5.92 Å². The highest BCUT2D eigenvalue weighted by molar-refractivity contribution is 5.70. The fourth-order valence-corrected chi connectivity index (χ4v) is 3.49. The van der Waals surface area contributed by atoms with Crippen molar-refractivity contribution in [3.05, 3.63) is 0 Å². The first kappa shape index (κ1) is 12.9. The Morgan fingerprint density at radius 1 is 1.24 bits per heavy atom. The van der Waals surface area contributed by atoms with E-state index in [4.69, 9.17) is 5.11 Å². The molecule has 3 heteroatoms. The van der Waals surface area contributed by atoms with Gasteiger partial charge in [0.1, 0.15) is 0 Å². The molecule has 0 aromatic rings. The Kier molecular flexibility index (Phi) is 4.08. The highest BCUT2D eigenvalue weighted by Gasteiger charge is 2.37. The summed E-state index contributed by atoms with van der Waals surface area (Å²) in [5.74, 6) is 1.40. The van der Waals surface area contributed by atoms with Gasteiger partial charge < -0.3 is 10.0 Å². The van der Waals surface area contributed by atoms with Crippen molar-refractivity contribution in [2.45, 2.75) is 39.5 Å². The molecule has 0 aromatic carbocycles. The van der Waals surface area contributed by atoms with Crippen LogP contribution in [0.4, 0.5) is 0 Å². The summed E-state index contributed by atoms with van der Waals surface area (Å²) in [4.78, 5) is 13.6. The molecule has 2 aliphatic rings. The van der Waals surface area contributed by atoms with E-state index < -0.39 is 5.97 Å². The third kappa shape index (κ3) is 3.44. The molecule has 2 atom stereocenters. The Hall–Kier alpha value is -0.570. The summed E-state index contributed by atoms with van der Waals surface area (Å²) in [6.45, 7) is 8.00. The first-order valence-electron chi connectivity index (χ1n) is 6.99. The van der Waals surface area contributed by atoms with Crippen molar-refractivity contribution in [2.75, 3.05) is 19.6 Å². The van der Waals surface area contributed by atoms with Crippen LogP contribution in [0.5, 0.6) is 0 Å². The maximum atomic E-state index is 11.1. The average molecular weight is 239 g/mol. The van der Waals surface area contributed by atoms with Gasteiger partial charge in [0.25, 0.3) is 0 Å². The van der Waals surface area contributed by atoms with E-state index in [-0.39, 0.29) is 5.92 Å². The molecule has 17 heavy (non-hydrogen) atoms. The molecule has 1 aliphatic heterocycles. The Balaban J connectivity index is 1.85. The first-order valence-corrected chi connectivity index (χ1v) is 6.99. The quantitative estimate of drug-likeness (QED) is 0.819. The summed E-state index contributed by atoms with van der Waals surface area (Å²) in [7, 11) is 0. The maximum Gasteiger partial charge on any atom is 0.306 e. The predicted octanol–water partition coefficient (Wildman–Crippen LogP) is 2.47. The van der Waals surface area contributed by atoms with Gasteiger partial charge in [-0.15, -0.1) is 0 Å². The van der Waals surface area contributed by atoms with Crippen LogP contribution in [-0.4, -0.2) is 35.6 Å². The van der Waals surface area contributed by atoms with E-state index in [0.29, 0.717) is 11.8 Å². The predicted molar refractivity (Wildman–Crippen MR) is 67.9 cm³/mol. The molecule has 98 valence electrons. The standard InChI is InChI=1S/C14H25NO2/c1-10(2)3-4-15-8-11-5-12(9-15)7-13(6-11)14(16)17/h10-13H,3-9H2,1-2H3,(H,16,17). The van der Waals surface area contributed by atoms with Crippen LogP contribution in [0.1, 0.15) is 39.5 Å². The lowest BCUT2D eigenvalue weighted by Crippen LogP contribution is -2.46. The Morgan fingerprint density at radius 2 is 1.82 bits per heavy atom. The second-order valence-corrected chi connectivity index (χ2v) is 6.42. The summed E-state index contributed by atoms with van der Waals surface area (Å²) in [5.41, 5.74) is 0. The molecule has 1 saturated heterocycles. The first-order chi connectivity index (χ1) is 8.04. The number of hydrogen-bond donors (Lipinski definition) is 1. The highest BCUT2D eigenvalue weighted by Crippen LogP contribution is 2.38. The van der Waals surface area contributed by atoms with Gasteiger partial charge in [0, 0.05) is 13.1 Å². The average Bonchev–Trinajstić information content (AvgIpc) is 2.25. The zero-order chi connectivity index (χ0) is 12.4. The van der Waals surface area contributed by atoms with Gasteiger partial charge in [-0.05, 0) is 50.0 Å². The zero-order valence-corrected chi connectivity index (χ0v) is 11.1. The number of likely N-dealkylation sites (tertiary alicyclic amines) is 1. The van der Waals surface area contributed by atoms with Crippen molar-refractivity contribution in [1.82, 2.24) is 4.90 Å². The van der Waals surface area contributed by atoms with Gasteiger partial charge in [-0.2, -0.15) is 0 Å². The van der Waals surface area contributed by atoms with E-state index in [1.54, 1.807) is 0 Å². The molecule has 1 aliphatic carbocycles. The molecule has 2 fully saturated rings. The fraction of sp³-hybridized carbons (Fsp3) is 0.929. The smallest absolute Gasteiger partial charge is 0.306 e. The molecular formula is C14H25NO2. The molecule has 2 rings (SSSR count). The summed E-state index contributed by atoms with van der Waals surface area (Å²) >= 11 is 0. The van der Waals surface area contributed by atoms with Gasteiger partial charge in [-0.25, -0.2) is 0 Å². The summed E-state index contributed by atoms with van der Waals surface area (Å²) in [5, 5.41) is 9.12. The molecule has 2 unspecified atom stereocenters. The number of piperidine rings is 1. The molecule has 2 bridgehead atoms. The molecule has 1 heterocycles. The highest BCUT2D eigenvalue weighted by atomic mass is 16.4. The topological polar surface area (TPSA) is 40.5 Å². The third-order valence-electron chi connectivity index (χ3n) is 4.31. The fourth-order valence-electron chi connectivity index (χ4n) is 3.49. The number of carbonyl (C=O) groups is 1. The van der Waals surface area contributed by atoms with E-state index in [1.165, 1.54) is 19.4 Å². The van der Waals surface area contributed by atoms with Gasteiger partial charge >= 0.3 is 5.97 Å². The molecule has 0 radical (unpaired) electrons. The lowest BCUT2D eigenvalue weighted by atomic mass is 9.72. The number of rotatable bonds is 4. The SMILES string of the molecule is CC(C)CCN1CC2CC(CC(C(=O)O)C2)C1. The van der Waals surface area contributed by atoms with Crippen LogP contribution in [0, 0.1) is 23.7 Å². The minimum Gasteiger partial charge on any atom is -0.481 e. The molecule has 0 spiro atoms. The normalized spacial score (nSPS) is 33.9. The van der Waals surface area contributed by atoms with Gasteiger partial charge in [-0.3, -0.25) is 4.79 Å². The second kappa shape index (κ2) is 5.38. The van der Waals surface area contributed by atoms with E-state index in [0.717, 1.165) is 31.8 Å². The van der Waals surface area contributed by atoms with Crippen molar-refractivity contribution in [3.8, 4) is 0 Å². The summed E-state index contributed by atoms with van der Waals surface area (Å²) in [6.07, 6.45) is 4.35.